The smallest absolute Gasteiger partial charge is 0.308 e. The molecule has 1 heterocycles. The van der Waals surface area contributed by atoms with Crippen LogP contribution in [-0.2, 0) is 4.79 Å². The molecule has 0 saturated carbocycles. The van der Waals surface area contributed by atoms with Crippen molar-refractivity contribution in [3.63, 3.8) is 0 Å². The van der Waals surface area contributed by atoms with Crippen LogP contribution in [0.4, 0.5) is 5.69 Å². The van der Waals surface area contributed by atoms with Gasteiger partial charge >= 0.3 is 5.97 Å². The van der Waals surface area contributed by atoms with Crippen molar-refractivity contribution in [2.75, 3.05) is 12.8 Å². The third kappa shape index (κ3) is 2.00. The topological polar surface area (TPSA) is 94.4 Å². The number of ether oxygens (including phenoxy) is 2. The number of nitrogens with two attached hydrogens (primary N) is 1. The average molecular weight is 248 g/mol. The first-order valence-electron chi connectivity index (χ1n) is 5.21. The number of esters is 1. The van der Waals surface area contributed by atoms with E-state index in [4.69, 9.17) is 15.2 Å². The Hall–Kier alpha value is -2.50. The van der Waals surface area contributed by atoms with Gasteiger partial charge in [0.25, 0.3) is 5.56 Å². The van der Waals surface area contributed by atoms with E-state index < -0.39 is 11.5 Å². The Labute approximate surface area is 102 Å². The molecular formula is C12H12N2O4. The van der Waals surface area contributed by atoms with Gasteiger partial charge in [-0.2, -0.15) is 0 Å². The summed E-state index contributed by atoms with van der Waals surface area (Å²) >= 11 is 0. The fourth-order valence-corrected chi connectivity index (χ4v) is 1.70. The number of rotatable bonds is 2. The zero-order valence-electron chi connectivity index (χ0n) is 9.94. The summed E-state index contributed by atoms with van der Waals surface area (Å²) in [6.45, 7) is 1.25. The number of hydrogen-bond donors (Lipinski definition) is 2. The zero-order chi connectivity index (χ0) is 13.3. The quantitative estimate of drug-likeness (QED) is 0.611. The lowest BCUT2D eigenvalue weighted by molar-refractivity contribution is -0.131. The molecule has 0 amide bonds. The molecule has 94 valence electrons. The molecular weight excluding hydrogens is 236 g/mol. The highest BCUT2D eigenvalue weighted by molar-refractivity contribution is 5.91. The molecule has 1 aromatic carbocycles. The molecule has 0 bridgehead atoms. The summed E-state index contributed by atoms with van der Waals surface area (Å²) in [5.74, 6) is -0.469. The number of hydrogen-bond acceptors (Lipinski definition) is 5. The maximum absolute atomic E-state index is 11.8. The van der Waals surface area contributed by atoms with E-state index in [1.54, 1.807) is 18.2 Å². The number of nitrogen functional groups attached to an aromatic ring is 1. The number of pyridine rings is 1. The molecule has 0 radical (unpaired) electrons. The average Bonchev–Trinajstić information content (AvgIpc) is 2.27. The molecule has 6 heteroatoms. The van der Waals surface area contributed by atoms with E-state index in [0.29, 0.717) is 16.6 Å². The SMILES string of the molecule is COc1c(OC(C)=O)c2ccc(N)cc2[nH]c1=O. The first-order chi connectivity index (χ1) is 8.52. The van der Waals surface area contributed by atoms with E-state index >= 15 is 0 Å². The van der Waals surface area contributed by atoms with Gasteiger partial charge in [-0.15, -0.1) is 0 Å². The third-order valence-electron chi connectivity index (χ3n) is 2.40. The Morgan fingerprint density at radius 2 is 2.06 bits per heavy atom. The van der Waals surface area contributed by atoms with Gasteiger partial charge in [-0.05, 0) is 18.2 Å². The summed E-state index contributed by atoms with van der Waals surface area (Å²) in [6.07, 6.45) is 0. The van der Waals surface area contributed by atoms with Gasteiger partial charge in [-0.1, -0.05) is 0 Å². The first-order valence-corrected chi connectivity index (χ1v) is 5.21. The van der Waals surface area contributed by atoms with Crippen molar-refractivity contribution in [3.05, 3.63) is 28.6 Å². The summed E-state index contributed by atoms with van der Waals surface area (Å²) in [5.41, 5.74) is 6.14. The number of fused-ring (bicyclic) bond motifs is 1. The largest absolute Gasteiger partial charge is 0.488 e. The highest BCUT2D eigenvalue weighted by atomic mass is 16.6. The van der Waals surface area contributed by atoms with Gasteiger partial charge in [-0.3, -0.25) is 9.59 Å². The first kappa shape index (κ1) is 12.0. The second kappa shape index (κ2) is 4.40. The van der Waals surface area contributed by atoms with E-state index in [1.807, 2.05) is 0 Å². The van der Waals surface area contributed by atoms with Gasteiger partial charge in [-0.25, -0.2) is 0 Å². The van der Waals surface area contributed by atoms with Crippen LogP contribution in [0.5, 0.6) is 11.5 Å². The van der Waals surface area contributed by atoms with Gasteiger partial charge < -0.3 is 20.2 Å². The van der Waals surface area contributed by atoms with Gasteiger partial charge in [0.2, 0.25) is 5.75 Å². The van der Waals surface area contributed by atoms with Crippen molar-refractivity contribution in [1.29, 1.82) is 0 Å². The molecule has 1 aromatic heterocycles. The van der Waals surface area contributed by atoms with E-state index in [-0.39, 0.29) is 11.5 Å². The predicted octanol–water partition coefficient (Wildman–Crippen LogP) is 1.04. The molecule has 0 spiro atoms. The lowest BCUT2D eigenvalue weighted by Crippen LogP contribution is -2.13. The number of anilines is 1. The molecule has 0 unspecified atom stereocenters. The molecule has 0 fully saturated rings. The van der Waals surface area contributed by atoms with Crippen LogP contribution in [-0.4, -0.2) is 18.1 Å². The van der Waals surface area contributed by atoms with Crippen LogP contribution in [0.1, 0.15) is 6.92 Å². The lowest BCUT2D eigenvalue weighted by atomic mass is 10.2. The minimum atomic E-state index is -0.531. The molecule has 18 heavy (non-hydrogen) atoms. The molecule has 0 saturated heterocycles. The van der Waals surface area contributed by atoms with Crippen molar-refractivity contribution in [1.82, 2.24) is 4.98 Å². The molecule has 0 atom stereocenters. The molecule has 6 nitrogen and oxygen atoms in total. The van der Waals surface area contributed by atoms with Crippen LogP contribution in [0.15, 0.2) is 23.0 Å². The summed E-state index contributed by atoms with van der Waals surface area (Å²) in [4.78, 5) is 25.5. The number of carbonyl (C=O) groups is 1. The Morgan fingerprint density at radius 1 is 1.33 bits per heavy atom. The van der Waals surface area contributed by atoms with E-state index in [9.17, 15) is 9.59 Å². The minimum absolute atomic E-state index is 0.0394. The molecule has 0 aliphatic rings. The molecule has 0 aliphatic heterocycles. The maximum atomic E-state index is 11.8. The molecule has 2 aromatic rings. The predicted molar refractivity (Wildman–Crippen MR) is 66.8 cm³/mol. The van der Waals surface area contributed by atoms with Crippen molar-refractivity contribution < 1.29 is 14.3 Å². The number of methoxy groups -OCH3 is 1. The minimum Gasteiger partial charge on any atom is -0.488 e. The number of H-pyrrole nitrogens is 1. The fraction of sp³-hybridized carbons (Fsp3) is 0.167. The monoisotopic (exact) mass is 248 g/mol. The zero-order valence-corrected chi connectivity index (χ0v) is 9.94. The maximum Gasteiger partial charge on any atom is 0.308 e. The number of nitrogens with one attached hydrogen (secondary N) is 1. The van der Waals surface area contributed by atoms with E-state index in [0.717, 1.165) is 0 Å². The molecule has 3 N–H and O–H groups in total. The van der Waals surface area contributed by atoms with Crippen LogP contribution in [0, 0.1) is 0 Å². The second-order valence-corrected chi connectivity index (χ2v) is 3.72. The van der Waals surface area contributed by atoms with Crippen LogP contribution < -0.4 is 20.8 Å². The standard InChI is InChI=1S/C12H12N2O4/c1-6(15)18-10-8-4-3-7(13)5-9(8)14-12(16)11(10)17-2/h3-5H,13H2,1-2H3,(H,14,16). The number of benzene rings is 1. The van der Waals surface area contributed by atoms with Crippen molar-refractivity contribution in [2.45, 2.75) is 6.92 Å². The van der Waals surface area contributed by atoms with Crippen molar-refractivity contribution in [3.8, 4) is 11.5 Å². The Bertz CT molecular complexity index is 676. The summed E-state index contributed by atoms with van der Waals surface area (Å²) in [6, 6.07) is 4.89. The van der Waals surface area contributed by atoms with Crippen LogP contribution >= 0.6 is 0 Å². The molecule has 2 rings (SSSR count). The highest BCUT2D eigenvalue weighted by Crippen LogP contribution is 2.32. The van der Waals surface area contributed by atoms with Crippen molar-refractivity contribution >= 4 is 22.6 Å². The van der Waals surface area contributed by atoms with Gasteiger partial charge in [0, 0.05) is 18.0 Å². The van der Waals surface area contributed by atoms with Crippen molar-refractivity contribution in [2.24, 2.45) is 0 Å². The van der Waals surface area contributed by atoms with E-state index in [1.165, 1.54) is 14.0 Å². The summed E-state index contributed by atoms with van der Waals surface area (Å²) < 4.78 is 10.0. The number of carbonyl (C=O) groups excluding carboxylic acids is 1. The Balaban J connectivity index is 2.83. The normalized spacial score (nSPS) is 10.3. The van der Waals surface area contributed by atoms with E-state index in [2.05, 4.69) is 4.98 Å². The molecule has 0 aliphatic carbocycles. The Morgan fingerprint density at radius 3 is 2.67 bits per heavy atom. The number of aromatic nitrogens is 1. The fourth-order valence-electron chi connectivity index (χ4n) is 1.70. The Kier molecular flexibility index (Phi) is 2.93. The lowest BCUT2D eigenvalue weighted by Gasteiger charge is -2.10. The van der Waals surface area contributed by atoms with Crippen LogP contribution in [0.25, 0.3) is 10.9 Å². The van der Waals surface area contributed by atoms with Crippen LogP contribution in [0.2, 0.25) is 0 Å². The summed E-state index contributed by atoms with van der Waals surface area (Å²) in [5, 5.41) is 0.552. The second-order valence-electron chi connectivity index (χ2n) is 3.72. The number of aromatic amines is 1. The van der Waals surface area contributed by atoms with Gasteiger partial charge in [0.1, 0.15) is 0 Å². The van der Waals surface area contributed by atoms with Gasteiger partial charge in [0.05, 0.1) is 12.6 Å². The van der Waals surface area contributed by atoms with Crippen LogP contribution in [0.3, 0.4) is 0 Å². The highest BCUT2D eigenvalue weighted by Gasteiger charge is 2.16. The summed E-state index contributed by atoms with van der Waals surface area (Å²) in [7, 11) is 1.33. The third-order valence-corrected chi connectivity index (χ3v) is 2.40. The van der Waals surface area contributed by atoms with Gasteiger partial charge in [0.15, 0.2) is 5.75 Å².